The van der Waals surface area contributed by atoms with E-state index in [0.717, 1.165) is 4.90 Å². The zero-order valence-electron chi connectivity index (χ0n) is 11.4. The average Bonchev–Trinajstić information content (AvgIpc) is 2.85. The van der Waals surface area contributed by atoms with Gasteiger partial charge in [0.15, 0.2) is 5.78 Å². The summed E-state index contributed by atoms with van der Waals surface area (Å²) >= 11 is 7.35. The molecule has 1 aromatic carbocycles. The summed E-state index contributed by atoms with van der Waals surface area (Å²) in [6, 6.07) is 6.00. The van der Waals surface area contributed by atoms with Crippen molar-refractivity contribution in [2.24, 2.45) is 0 Å². The number of carbonyl (C=O) groups excluding carboxylic acids is 1. The Morgan fingerprint density at radius 3 is 2.81 bits per heavy atom. The molecule has 0 saturated heterocycles. The molecule has 2 aromatic rings. The maximum Gasteiger partial charge on any atom is 0.192 e. The Morgan fingerprint density at radius 2 is 2.14 bits per heavy atom. The number of ether oxygens (including phenoxy) is 1. The Hall–Kier alpha value is -1.37. The van der Waals surface area contributed by atoms with Crippen LogP contribution in [0.1, 0.15) is 10.5 Å². The Bertz CT molecular complexity index is 616. The Balaban J connectivity index is 2.02. The third kappa shape index (κ3) is 4.30. The predicted molar refractivity (Wildman–Crippen MR) is 80.6 cm³/mol. The first-order valence-electron chi connectivity index (χ1n) is 6.23. The number of hydrogen-bond donors (Lipinski definition) is 0. The number of thioether (sulfide) groups is 1. The van der Waals surface area contributed by atoms with Gasteiger partial charge in [-0.15, -0.1) is 11.8 Å². The summed E-state index contributed by atoms with van der Waals surface area (Å²) in [5.41, 5.74) is 0.378. The molecule has 0 radical (unpaired) electrons. The molecular weight excluding hydrogens is 315 g/mol. The topological polar surface area (TPSA) is 44.1 Å². The Kier molecular flexibility index (Phi) is 5.78. The van der Waals surface area contributed by atoms with Crippen molar-refractivity contribution in [2.75, 3.05) is 19.5 Å². The van der Waals surface area contributed by atoms with Crippen LogP contribution in [-0.2, 0) is 11.3 Å². The second-order valence-corrected chi connectivity index (χ2v) is 5.68. The zero-order chi connectivity index (χ0) is 15.2. The normalized spacial score (nSPS) is 10.8. The van der Waals surface area contributed by atoms with E-state index in [2.05, 4.69) is 5.10 Å². The van der Waals surface area contributed by atoms with Crippen LogP contribution in [-0.4, -0.2) is 35.0 Å². The lowest BCUT2D eigenvalue weighted by Gasteiger charge is -2.07. The van der Waals surface area contributed by atoms with E-state index >= 15 is 0 Å². The fourth-order valence-electron chi connectivity index (χ4n) is 1.74. The van der Waals surface area contributed by atoms with Crippen LogP contribution in [0.15, 0.2) is 35.4 Å². The van der Waals surface area contributed by atoms with Crippen molar-refractivity contribution in [1.29, 1.82) is 0 Å². The van der Waals surface area contributed by atoms with Gasteiger partial charge in [-0.25, -0.2) is 4.39 Å². The van der Waals surface area contributed by atoms with Gasteiger partial charge >= 0.3 is 0 Å². The van der Waals surface area contributed by atoms with Crippen molar-refractivity contribution >= 4 is 29.1 Å². The minimum Gasteiger partial charge on any atom is -0.383 e. The molecule has 4 nitrogen and oxygen atoms in total. The summed E-state index contributed by atoms with van der Waals surface area (Å²) in [7, 11) is 1.58. The first-order valence-corrected chi connectivity index (χ1v) is 7.60. The van der Waals surface area contributed by atoms with Gasteiger partial charge in [0.2, 0.25) is 0 Å². The van der Waals surface area contributed by atoms with Crippen molar-refractivity contribution in [3.63, 3.8) is 0 Å². The van der Waals surface area contributed by atoms with Crippen LogP contribution >= 0.6 is 23.4 Å². The molecule has 0 atom stereocenters. The quantitative estimate of drug-likeness (QED) is 0.578. The lowest BCUT2D eigenvalue weighted by molar-refractivity contribution is 0.100. The number of ketones is 1. The molecule has 0 amide bonds. The fourth-order valence-corrected chi connectivity index (χ4v) is 2.74. The fraction of sp³-hybridized carbons (Fsp3) is 0.286. The summed E-state index contributed by atoms with van der Waals surface area (Å²) in [6.45, 7) is 0.912. The number of benzene rings is 1. The summed E-state index contributed by atoms with van der Waals surface area (Å²) < 4.78 is 19.3. The number of Topliss-reactive ketones (excluding diaryl/α,β-unsaturated/α-hetero) is 1. The smallest absolute Gasteiger partial charge is 0.192 e. The highest BCUT2D eigenvalue weighted by atomic mass is 35.5. The van der Waals surface area contributed by atoms with E-state index in [-0.39, 0.29) is 17.4 Å². The molecule has 0 aliphatic rings. The minimum atomic E-state index is -0.300. The van der Waals surface area contributed by atoms with E-state index in [9.17, 15) is 9.18 Å². The highest BCUT2D eigenvalue weighted by Crippen LogP contribution is 2.22. The molecule has 7 heteroatoms. The molecule has 0 aliphatic carbocycles. The third-order valence-electron chi connectivity index (χ3n) is 2.75. The molecule has 1 aromatic heterocycles. The van der Waals surface area contributed by atoms with Crippen molar-refractivity contribution in [3.8, 4) is 0 Å². The first kappa shape index (κ1) is 16.0. The number of hydrogen-bond acceptors (Lipinski definition) is 4. The lowest BCUT2D eigenvalue weighted by atomic mass is 10.3. The van der Waals surface area contributed by atoms with Gasteiger partial charge < -0.3 is 4.74 Å². The molecular formula is C14H14ClFN2O2S. The van der Waals surface area contributed by atoms with Crippen LogP contribution < -0.4 is 0 Å². The number of rotatable bonds is 7. The van der Waals surface area contributed by atoms with Gasteiger partial charge in [0, 0.05) is 12.0 Å². The molecule has 112 valence electrons. The van der Waals surface area contributed by atoms with E-state index < -0.39 is 0 Å². The van der Waals surface area contributed by atoms with Gasteiger partial charge in [-0.3, -0.25) is 9.48 Å². The second kappa shape index (κ2) is 7.59. The molecule has 0 unspecified atom stereocenters. The predicted octanol–water partition coefficient (Wildman–Crippen LogP) is 3.30. The maximum atomic E-state index is 12.8. The van der Waals surface area contributed by atoms with Gasteiger partial charge in [-0.1, -0.05) is 11.6 Å². The van der Waals surface area contributed by atoms with Crippen molar-refractivity contribution in [2.45, 2.75) is 11.4 Å². The highest BCUT2D eigenvalue weighted by Gasteiger charge is 2.17. The lowest BCUT2D eigenvalue weighted by Crippen LogP contribution is -2.15. The number of methoxy groups -OCH3 is 1. The minimum absolute atomic E-state index is 0.122. The third-order valence-corrected chi connectivity index (χ3v) is 4.04. The van der Waals surface area contributed by atoms with Crippen molar-refractivity contribution in [1.82, 2.24) is 9.78 Å². The van der Waals surface area contributed by atoms with Crippen LogP contribution in [0, 0.1) is 5.82 Å². The van der Waals surface area contributed by atoms with Gasteiger partial charge in [0.25, 0.3) is 0 Å². The standard InChI is InChI=1S/C14H14ClFN2O2S/c1-20-7-6-18-14(12(15)8-17-18)13(19)9-21-11-4-2-10(16)3-5-11/h2-5,8H,6-7,9H2,1H3. The molecule has 21 heavy (non-hydrogen) atoms. The van der Waals surface area contributed by atoms with Gasteiger partial charge in [-0.2, -0.15) is 5.10 Å². The second-order valence-electron chi connectivity index (χ2n) is 4.22. The molecule has 2 rings (SSSR count). The first-order chi connectivity index (χ1) is 10.1. The van der Waals surface area contributed by atoms with Crippen LogP contribution in [0.4, 0.5) is 4.39 Å². The zero-order valence-corrected chi connectivity index (χ0v) is 13.0. The van der Waals surface area contributed by atoms with Gasteiger partial charge in [0.1, 0.15) is 11.5 Å². The van der Waals surface area contributed by atoms with Crippen LogP contribution in [0.25, 0.3) is 0 Å². The van der Waals surface area contributed by atoms with E-state index in [1.54, 1.807) is 23.9 Å². The summed E-state index contributed by atoms with van der Waals surface area (Å²) in [6.07, 6.45) is 1.45. The van der Waals surface area contributed by atoms with E-state index in [4.69, 9.17) is 16.3 Å². The molecule has 0 bridgehead atoms. The van der Waals surface area contributed by atoms with Crippen molar-refractivity contribution in [3.05, 3.63) is 47.0 Å². The van der Waals surface area contributed by atoms with E-state index in [1.807, 2.05) is 0 Å². The molecule has 0 spiro atoms. The van der Waals surface area contributed by atoms with Crippen LogP contribution in [0.2, 0.25) is 5.02 Å². The highest BCUT2D eigenvalue weighted by molar-refractivity contribution is 8.00. The number of carbonyl (C=O) groups is 1. The van der Waals surface area contributed by atoms with Crippen molar-refractivity contribution < 1.29 is 13.9 Å². The molecule has 0 aliphatic heterocycles. The Labute approximate surface area is 131 Å². The van der Waals surface area contributed by atoms with E-state index in [0.29, 0.717) is 23.9 Å². The van der Waals surface area contributed by atoms with Crippen LogP contribution in [0.5, 0.6) is 0 Å². The monoisotopic (exact) mass is 328 g/mol. The molecule has 1 heterocycles. The summed E-state index contributed by atoms with van der Waals surface area (Å²) in [4.78, 5) is 13.1. The summed E-state index contributed by atoms with van der Waals surface area (Å²) in [5.74, 6) is -0.210. The van der Waals surface area contributed by atoms with E-state index in [1.165, 1.54) is 30.1 Å². The number of nitrogens with zero attached hydrogens (tertiary/aromatic N) is 2. The largest absolute Gasteiger partial charge is 0.383 e. The number of aromatic nitrogens is 2. The van der Waals surface area contributed by atoms with Crippen LogP contribution in [0.3, 0.4) is 0 Å². The molecule has 0 fully saturated rings. The average molecular weight is 329 g/mol. The summed E-state index contributed by atoms with van der Waals surface area (Å²) in [5, 5.41) is 4.40. The molecule has 0 N–H and O–H groups in total. The maximum absolute atomic E-state index is 12.8. The molecule has 0 saturated carbocycles. The SMILES string of the molecule is COCCn1ncc(Cl)c1C(=O)CSc1ccc(F)cc1. The van der Waals surface area contributed by atoms with Gasteiger partial charge in [0.05, 0.1) is 30.1 Å². The number of halogens is 2. The Morgan fingerprint density at radius 1 is 1.43 bits per heavy atom. The van der Waals surface area contributed by atoms with Gasteiger partial charge in [-0.05, 0) is 24.3 Å².